The Kier molecular flexibility index (Phi) is 5.02. The molecule has 25 heavy (non-hydrogen) atoms. The van der Waals surface area contributed by atoms with Crippen LogP contribution in [0.5, 0.6) is 17.2 Å². The first-order valence-electron chi connectivity index (χ1n) is 8.09. The molecule has 1 aromatic heterocycles. The number of nitrogens with one attached hydrogen (secondary N) is 1. The van der Waals surface area contributed by atoms with E-state index in [0.717, 1.165) is 18.6 Å². The Morgan fingerprint density at radius 3 is 2.48 bits per heavy atom. The van der Waals surface area contributed by atoms with Crippen LogP contribution in [0, 0.1) is 0 Å². The third-order valence-electron chi connectivity index (χ3n) is 4.30. The van der Waals surface area contributed by atoms with Gasteiger partial charge in [-0.15, -0.1) is 0 Å². The average molecular weight is 346 g/mol. The number of nitrogens with zero attached hydrogens (tertiary/aromatic N) is 1. The van der Waals surface area contributed by atoms with Gasteiger partial charge < -0.3 is 28.8 Å². The number of urea groups is 1. The lowest BCUT2D eigenvalue weighted by atomic mass is 10.2. The van der Waals surface area contributed by atoms with E-state index in [4.69, 9.17) is 18.6 Å². The van der Waals surface area contributed by atoms with Crippen molar-refractivity contribution in [3.8, 4) is 17.2 Å². The third-order valence-corrected chi connectivity index (χ3v) is 4.30. The molecule has 7 heteroatoms. The molecule has 2 amide bonds. The van der Waals surface area contributed by atoms with E-state index in [1.807, 2.05) is 12.1 Å². The molecule has 0 spiro atoms. The van der Waals surface area contributed by atoms with E-state index in [9.17, 15) is 4.79 Å². The summed E-state index contributed by atoms with van der Waals surface area (Å²) in [5, 5.41) is 2.91. The van der Waals surface area contributed by atoms with Gasteiger partial charge in [0.2, 0.25) is 5.75 Å². The zero-order chi connectivity index (χ0) is 17.8. The van der Waals surface area contributed by atoms with Crippen molar-refractivity contribution in [2.24, 2.45) is 0 Å². The van der Waals surface area contributed by atoms with Gasteiger partial charge in [-0.2, -0.15) is 0 Å². The molecule has 0 radical (unpaired) electrons. The van der Waals surface area contributed by atoms with Crippen molar-refractivity contribution in [1.82, 2.24) is 4.90 Å². The number of hydrogen-bond donors (Lipinski definition) is 1. The summed E-state index contributed by atoms with van der Waals surface area (Å²) in [5.74, 6) is 2.26. The van der Waals surface area contributed by atoms with Crippen LogP contribution in [0.25, 0.3) is 0 Å². The van der Waals surface area contributed by atoms with Crippen LogP contribution in [-0.2, 0) is 0 Å². The topological polar surface area (TPSA) is 73.2 Å². The van der Waals surface area contributed by atoms with Crippen LogP contribution in [0.1, 0.15) is 24.6 Å². The molecule has 1 unspecified atom stereocenters. The van der Waals surface area contributed by atoms with E-state index in [2.05, 4.69) is 5.32 Å². The van der Waals surface area contributed by atoms with E-state index in [1.54, 1.807) is 23.3 Å². The van der Waals surface area contributed by atoms with Gasteiger partial charge >= 0.3 is 6.03 Å². The number of rotatable bonds is 5. The predicted octanol–water partition coefficient (Wildman–Crippen LogP) is 3.67. The predicted molar refractivity (Wildman–Crippen MR) is 92.5 cm³/mol. The monoisotopic (exact) mass is 346 g/mol. The first-order chi connectivity index (χ1) is 12.2. The SMILES string of the molecule is COc1cc(NC(=O)N2CCCC2c2ccco2)cc(OC)c1OC. The maximum Gasteiger partial charge on any atom is 0.322 e. The highest BCUT2D eigenvalue weighted by Crippen LogP contribution is 2.40. The molecule has 3 rings (SSSR count). The van der Waals surface area contributed by atoms with Crippen molar-refractivity contribution in [1.29, 1.82) is 0 Å². The van der Waals surface area contributed by atoms with E-state index >= 15 is 0 Å². The third kappa shape index (κ3) is 3.35. The van der Waals surface area contributed by atoms with E-state index in [-0.39, 0.29) is 12.1 Å². The summed E-state index contributed by atoms with van der Waals surface area (Å²) < 4.78 is 21.4. The molecule has 1 atom stereocenters. The fourth-order valence-corrected chi connectivity index (χ4v) is 3.13. The molecule has 0 bridgehead atoms. The van der Waals surface area contributed by atoms with Crippen LogP contribution in [-0.4, -0.2) is 38.8 Å². The summed E-state index contributed by atoms with van der Waals surface area (Å²) >= 11 is 0. The second-order valence-corrected chi connectivity index (χ2v) is 5.71. The summed E-state index contributed by atoms with van der Waals surface area (Å²) in [4.78, 5) is 14.5. The number of ether oxygens (including phenoxy) is 3. The maximum absolute atomic E-state index is 12.7. The quantitative estimate of drug-likeness (QED) is 0.894. The van der Waals surface area contributed by atoms with Gasteiger partial charge in [0, 0.05) is 18.7 Å². The van der Waals surface area contributed by atoms with Crippen molar-refractivity contribution in [2.45, 2.75) is 18.9 Å². The van der Waals surface area contributed by atoms with E-state index in [0.29, 0.717) is 29.5 Å². The number of carbonyl (C=O) groups excluding carboxylic acids is 1. The average Bonchev–Trinajstić information content (AvgIpc) is 3.31. The van der Waals surface area contributed by atoms with Crippen molar-refractivity contribution in [2.75, 3.05) is 33.2 Å². The first kappa shape index (κ1) is 17.0. The van der Waals surface area contributed by atoms with Crippen molar-refractivity contribution < 1.29 is 23.4 Å². The van der Waals surface area contributed by atoms with Gasteiger partial charge in [-0.05, 0) is 25.0 Å². The largest absolute Gasteiger partial charge is 0.493 e. The molecular weight excluding hydrogens is 324 g/mol. The fourth-order valence-electron chi connectivity index (χ4n) is 3.13. The van der Waals surface area contributed by atoms with E-state index in [1.165, 1.54) is 21.3 Å². The number of benzene rings is 1. The standard InChI is InChI=1S/C18H22N2O5/c1-22-15-10-12(11-16(23-2)17(15)24-3)19-18(21)20-8-4-6-13(20)14-7-5-9-25-14/h5,7,9-11,13H,4,6,8H2,1-3H3,(H,19,21). The number of carbonyl (C=O) groups is 1. The smallest absolute Gasteiger partial charge is 0.322 e. The summed E-state index contributed by atoms with van der Waals surface area (Å²) in [7, 11) is 4.61. The molecule has 2 aromatic rings. The van der Waals surface area contributed by atoms with E-state index < -0.39 is 0 Å². The lowest BCUT2D eigenvalue weighted by molar-refractivity contribution is 0.200. The molecule has 1 N–H and O–H groups in total. The minimum atomic E-state index is -0.187. The van der Waals surface area contributed by atoms with Crippen LogP contribution < -0.4 is 19.5 Å². The zero-order valence-corrected chi connectivity index (χ0v) is 14.6. The van der Waals surface area contributed by atoms with Crippen molar-refractivity contribution in [3.05, 3.63) is 36.3 Å². The zero-order valence-electron chi connectivity index (χ0n) is 14.6. The molecular formula is C18H22N2O5. The van der Waals surface area contributed by atoms with Crippen LogP contribution >= 0.6 is 0 Å². The first-order valence-corrected chi connectivity index (χ1v) is 8.09. The second-order valence-electron chi connectivity index (χ2n) is 5.71. The highest BCUT2D eigenvalue weighted by atomic mass is 16.5. The highest BCUT2D eigenvalue weighted by Gasteiger charge is 2.32. The molecule has 1 aliphatic heterocycles. The van der Waals surface area contributed by atoms with Gasteiger partial charge in [-0.1, -0.05) is 0 Å². The molecule has 1 aromatic carbocycles. The van der Waals surface area contributed by atoms with Gasteiger partial charge in [0.15, 0.2) is 11.5 Å². The maximum atomic E-state index is 12.7. The summed E-state index contributed by atoms with van der Waals surface area (Å²) in [5.41, 5.74) is 0.574. The molecule has 2 heterocycles. The Morgan fingerprint density at radius 1 is 1.20 bits per heavy atom. The Balaban J connectivity index is 1.81. The number of amides is 2. The van der Waals surface area contributed by atoms with Crippen LogP contribution in [0.4, 0.5) is 10.5 Å². The van der Waals surface area contributed by atoms with Gasteiger partial charge in [0.25, 0.3) is 0 Å². The van der Waals surface area contributed by atoms with Gasteiger partial charge in [0.05, 0.1) is 39.3 Å². The normalized spacial score (nSPS) is 16.6. The second kappa shape index (κ2) is 7.38. The van der Waals surface area contributed by atoms with Crippen LogP contribution in [0.15, 0.2) is 34.9 Å². The van der Waals surface area contributed by atoms with Gasteiger partial charge in [-0.3, -0.25) is 0 Å². The summed E-state index contributed by atoms with van der Waals surface area (Å²) in [6, 6.07) is 6.91. The molecule has 7 nitrogen and oxygen atoms in total. The molecule has 1 aliphatic rings. The molecule has 1 fully saturated rings. The Morgan fingerprint density at radius 2 is 1.92 bits per heavy atom. The molecule has 0 aliphatic carbocycles. The molecule has 134 valence electrons. The highest BCUT2D eigenvalue weighted by molar-refractivity contribution is 5.90. The van der Waals surface area contributed by atoms with Crippen LogP contribution in [0.2, 0.25) is 0 Å². The lowest BCUT2D eigenvalue weighted by Gasteiger charge is -2.24. The number of anilines is 1. The van der Waals surface area contributed by atoms with Gasteiger partial charge in [-0.25, -0.2) is 4.79 Å². The number of hydrogen-bond acceptors (Lipinski definition) is 5. The van der Waals surface area contributed by atoms with Gasteiger partial charge in [0.1, 0.15) is 5.76 Å². The minimum Gasteiger partial charge on any atom is -0.493 e. The van der Waals surface area contributed by atoms with Crippen LogP contribution in [0.3, 0.4) is 0 Å². The van der Waals surface area contributed by atoms with Crippen molar-refractivity contribution in [3.63, 3.8) is 0 Å². The Bertz CT molecular complexity index is 704. The van der Waals surface area contributed by atoms with Crippen molar-refractivity contribution >= 4 is 11.7 Å². The lowest BCUT2D eigenvalue weighted by Crippen LogP contribution is -2.34. The summed E-state index contributed by atoms with van der Waals surface area (Å²) in [6.45, 7) is 0.682. The number of likely N-dealkylation sites (tertiary alicyclic amines) is 1. The number of methoxy groups -OCH3 is 3. The number of furan rings is 1. The fraction of sp³-hybridized carbons (Fsp3) is 0.389. The molecule has 0 saturated carbocycles. The Labute approximate surface area is 146 Å². The Hall–Kier alpha value is -2.83. The minimum absolute atomic E-state index is 0.0444. The summed E-state index contributed by atoms with van der Waals surface area (Å²) in [6.07, 6.45) is 3.45. The molecule has 1 saturated heterocycles.